The van der Waals surface area contributed by atoms with Crippen molar-refractivity contribution in [2.75, 3.05) is 6.54 Å². The van der Waals surface area contributed by atoms with Crippen molar-refractivity contribution in [3.63, 3.8) is 0 Å². The first-order chi connectivity index (χ1) is 7.70. The predicted molar refractivity (Wildman–Crippen MR) is 67.3 cm³/mol. The van der Waals surface area contributed by atoms with E-state index in [2.05, 4.69) is 18.8 Å². The lowest BCUT2D eigenvalue weighted by atomic mass is 10.0. The number of hydrogen-bond acceptors (Lipinski definition) is 1. The molecule has 0 aliphatic rings. The second-order valence-electron chi connectivity index (χ2n) is 3.67. The van der Waals surface area contributed by atoms with E-state index in [1.54, 1.807) is 24.3 Å². The zero-order chi connectivity index (χ0) is 12.0. The molecule has 1 atom stereocenters. The lowest BCUT2D eigenvalue weighted by molar-refractivity contribution is 0.503. The van der Waals surface area contributed by atoms with Gasteiger partial charge in [-0.15, -0.1) is 6.58 Å². The van der Waals surface area contributed by atoms with Gasteiger partial charge in [-0.1, -0.05) is 36.7 Å². The topological polar surface area (TPSA) is 12.0 Å². The lowest BCUT2D eigenvalue weighted by Gasteiger charge is -2.18. The zero-order valence-corrected chi connectivity index (χ0v) is 10.2. The van der Waals surface area contributed by atoms with Gasteiger partial charge in [-0.25, -0.2) is 4.39 Å². The molecule has 1 unspecified atom stereocenters. The molecule has 0 bridgehead atoms. The largest absolute Gasteiger partial charge is 0.310 e. The van der Waals surface area contributed by atoms with E-state index in [0.717, 1.165) is 13.0 Å². The molecular weight excluding hydrogens is 225 g/mol. The molecule has 0 aliphatic heterocycles. The molecular formula is C13H17ClFN. The number of nitrogens with one attached hydrogen (secondary N) is 1. The van der Waals surface area contributed by atoms with Crippen molar-refractivity contribution >= 4 is 11.6 Å². The van der Waals surface area contributed by atoms with E-state index in [-0.39, 0.29) is 16.9 Å². The molecule has 3 heteroatoms. The SMILES string of the molecule is C=CCC(NCCC)c1cccc(Cl)c1F. The molecule has 16 heavy (non-hydrogen) atoms. The Morgan fingerprint density at radius 2 is 2.31 bits per heavy atom. The average Bonchev–Trinajstić information content (AvgIpc) is 2.28. The average molecular weight is 242 g/mol. The van der Waals surface area contributed by atoms with Gasteiger partial charge < -0.3 is 5.32 Å². The summed E-state index contributed by atoms with van der Waals surface area (Å²) in [5.74, 6) is -0.334. The summed E-state index contributed by atoms with van der Waals surface area (Å²) in [6.45, 7) is 6.62. The van der Waals surface area contributed by atoms with E-state index in [9.17, 15) is 4.39 Å². The summed E-state index contributed by atoms with van der Waals surface area (Å²) in [5.41, 5.74) is 0.612. The van der Waals surface area contributed by atoms with Crippen molar-refractivity contribution in [2.45, 2.75) is 25.8 Å². The molecule has 0 amide bonds. The Morgan fingerprint density at radius 3 is 2.94 bits per heavy atom. The van der Waals surface area contributed by atoms with Gasteiger partial charge in [0.15, 0.2) is 0 Å². The van der Waals surface area contributed by atoms with Crippen LogP contribution >= 0.6 is 11.6 Å². The Hall–Kier alpha value is -0.860. The van der Waals surface area contributed by atoms with Crippen LogP contribution in [0.1, 0.15) is 31.4 Å². The molecule has 0 radical (unpaired) electrons. The Bertz CT molecular complexity index is 352. The highest BCUT2D eigenvalue weighted by Crippen LogP contribution is 2.25. The summed E-state index contributed by atoms with van der Waals surface area (Å²) in [6, 6.07) is 5.05. The Balaban J connectivity index is 2.91. The van der Waals surface area contributed by atoms with E-state index in [0.29, 0.717) is 12.0 Å². The third-order valence-electron chi connectivity index (χ3n) is 2.40. The normalized spacial score (nSPS) is 12.4. The second kappa shape index (κ2) is 6.66. The molecule has 1 nitrogen and oxygen atoms in total. The van der Waals surface area contributed by atoms with E-state index in [4.69, 9.17) is 11.6 Å². The minimum Gasteiger partial charge on any atom is -0.310 e. The van der Waals surface area contributed by atoms with Crippen LogP contribution in [0, 0.1) is 5.82 Å². The van der Waals surface area contributed by atoms with Gasteiger partial charge in [0.05, 0.1) is 5.02 Å². The molecule has 0 saturated heterocycles. The zero-order valence-electron chi connectivity index (χ0n) is 9.47. The summed E-state index contributed by atoms with van der Waals surface area (Å²) in [5, 5.41) is 3.46. The summed E-state index contributed by atoms with van der Waals surface area (Å²) < 4.78 is 13.8. The van der Waals surface area contributed by atoms with Crippen molar-refractivity contribution in [2.24, 2.45) is 0 Å². The van der Waals surface area contributed by atoms with E-state index < -0.39 is 0 Å². The molecule has 1 aromatic rings. The Morgan fingerprint density at radius 1 is 1.56 bits per heavy atom. The highest BCUT2D eigenvalue weighted by atomic mass is 35.5. The van der Waals surface area contributed by atoms with Crippen LogP contribution < -0.4 is 5.32 Å². The van der Waals surface area contributed by atoms with Crippen molar-refractivity contribution < 1.29 is 4.39 Å². The standard InChI is InChI=1S/C13H17ClFN/c1-3-6-12(16-9-4-2)10-7-5-8-11(14)13(10)15/h3,5,7-8,12,16H,1,4,6,9H2,2H3. The molecule has 0 heterocycles. The van der Waals surface area contributed by atoms with Gasteiger partial charge in [-0.2, -0.15) is 0 Å². The van der Waals surface area contributed by atoms with Crippen LogP contribution in [0.15, 0.2) is 30.9 Å². The smallest absolute Gasteiger partial charge is 0.146 e. The molecule has 1 N–H and O–H groups in total. The first-order valence-electron chi connectivity index (χ1n) is 5.48. The third kappa shape index (κ3) is 3.32. The van der Waals surface area contributed by atoms with E-state index in [1.807, 2.05) is 0 Å². The fraction of sp³-hybridized carbons (Fsp3) is 0.385. The molecule has 0 saturated carbocycles. The van der Waals surface area contributed by atoms with Crippen LogP contribution in [0.5, 0.6) is 0 Å². The van der Waals surface area contributed by atoms with Crippen molar-refractivity contribution in [3.8, 4) is 0 Å². The minimum absolute atomic E-state index is 0.0452. The van der Waals surface area contributed by atoms with Crippen molar-refractivity contribution in [3.05, 3.63) is 47.3 Å². The summed E-state index contributed by atoms with van der Waals surface area (Å²) >= 11 is 5.76. The number of halogens is 2. The molecule has 1 rings (SSSR count). The van der Waals surface area contributed by atoms with Crippen molar-refractivity contribution in [1.82, 2.24) is 5.32 Å². The van der Waals surface area contributed by atoms with Crippen LogP contribution in [0.3, 0.4) is 0 Å². The molecule has 0 spiro atoms. The molecule has 1 aromatic carbocycles. The lowest BCUT2D eigenvalue weighted by Crippen LogP contribution is -2.22. The molecule has 0 fully saturated rings. The second-order valence-corrected chi connectivity index (χ2v) is 4.08. The summed E-state index contributed by atoms with van der Waals surface area (Å²) in [7, 11) is 0. The first kappa shape index (κ1) is 13.2. The van der Waals surface area contributed by atoms with Crippen LogP contribution in [0.25, 0.3) is 0 Å². The minimum atomic E-state index is -0.334. The number of hydrogen-bond donors (Lipinski definition) is 1. The maximum atomic E-state index is 13.8. The summed E-state index contributed by atoms with van der Waals surface area (Å²) in [4.78, 5) is 0. The van der Waals surface area contributed by atoms with E-state index in [1.165, 1.54) is 0 Å². The van der Waals surface area contributed by atoms with Gasteiger partial charge in [0.2, 0.25) is 0 Å². The highest BCUT2D eigenvalue weighted by Gasteiger charge is 2.15. The molecule has 0 aliphatic carbocycles. The van der Waals surface area contributed by atoms with Gasteiger partial charge in [-0.3, -0.25) is 0 Å². The maximum absolute atomic E-state index is 13.8. The quantitative estimate of drug-likeness (QED) is 0.740. The van der Waals surface area contributed by atoms with Crippen LogP contribution in [-0.4, -0.2) is 6.54 Å². The van der Waals surface area contributed by atoms with Crippen LogP contribution in [0.4, 0.5) is 4.39 Å². The predicted octanol–water partition coefficient (Wildman–Crippen LogP) is 4.10. The van der Waals surface area contributed by atoms with Crippen LogP contribution in [-0.2, 0) is 0 Å². The maximum Gasteiger partial charge on any atom is 0.146 e. The first-order valence-corrected chi connectivity index (χ1v) is 5.86. The highest BCUT2D eigenvalue weighted by molar-refractivity contribution is 6.30. The Kier molecular flexibility index (Phi) is 5.50. The summed E-state index contributed by atoms with van der Waals surface area (Å²) in [6.07, 6.45) is 3.49. The monoisotopic (exact) mass is 241 g/mol. The molecule has 88 valence electrons. The van der Waals surface area contributed by atoms with Gasteiger partial charge in [0.1, 0.15) is 5.82 Å². The van der Waals surface area contributed by atoms with Crippen LogP contribution in [0.2, 0.25) is 5.02 Å². The van der Waals surface area contributed by atoms with Crippen molar-refractivity contribution in [1.29, 1.82) is 0 Å². The third-order valence-corrected chi connectivity index (χ3v) is 2.69. The number of rotatable bonds is 6. The number of benzene rings is 1. The fourth-order valence-electron chi connectivity index (χ4n) is 1.60. The Labute approximate surface area is 101 Å². The van der Waals surface area contributed by atoms with Gasteiger partial charge >= 0.3 is 0 Å². The van der Waals surface area contributed by atoms with Gasteiger partial charge in [-0.05, 0) is 25.5 Å². The fourth-order valence-corrected chi connectivity index (χ4v) is 1.78. The van der Waals surface area contributed by atoms with E-state index >= 15 is 0 Å². The van der Waals surface area contributed by atoms with Gasteiger partial charge in [0.25, 0.3) is 0 Å². The molecule has 0 aromatic heterocycles. The van der Waals surface area contributed by atoms with Gasteiger partial charge in [0, 0.05) is 11.6 Å².